The van der Waals surface area contributed by atoms with Crippen LogP contribution in [0.5, 0.6) is 11.5 Å². The Bertz CT molecular complexity index is 626. The van der Waals surface area contributed by atoms with Crippen LogP contribution in [0.3, 0.4) is 0 Å². The number of aliphatic carboxylic acids is 1. The van der Waals surface area contributed by atoms with Crippen LogP contribution in [0.15, 0.2) is 30.4 Å². The SMILES string of the molecule is COc1ccc(C(CC(=O)O)NC(=O)C2CC=CCC2)cc1OC. The number of benzene rings is 1. The van der Waals surface area contributed by atoms with E-state index in [1.165, 1.54) is 14.2 Å². The van der Waals surface area contributed by atoms with E-state index in [1.807, 2.05) is 6.08 Å². The fourth-order valence-corrected chi connectivity index (χ4v) is 2.82. The average molecular weight is 333 g/mol. The number of hydrogen-bond donors (Lipinski definition) is 2. The Hall–Kier alpha value is -2.50. The van der Waals surface area contributed by atoms with Crippen molar-refractivity contribution < 1.29 is 24.2 Å². The summed E-state index contributed by atoms with van der Waals surface area (Å²) in [6.45, 7) is 0. The number of ether oxygens (including phenoxy) is 2. The third-order valence-electron chi connectivity index (χ3n) is 4.15. The van der Waals surface area contributed by atoms with Crippen molar-refractivity contribution in [2.24, 2.45) is 5.92 Å². The van der Waals surface area contributed by atoms with Gasteiger partial charge in [-0.05, 0) is 37.0 Å². The number of methoxy groups -OCH3 is 2. The molecular weight excluding hydrogens is 310 g/mol. The van der Waals surface area contributed by atoms with Gasteiger partial charge in [0.1, 0.15) is 0 Å². The normalized spacial score (nSPS) is 17.8. The zero-order chi connectivity index (χ0) is 17.5. The van der Waals surface area contributed by atoms with Gasteiger partial charge in [-0.1, -0.05) is 18.2 Å². The highest BCUT2D eigenvalue weighted by Crippen LogP contribution is 2.31. The highest BCUT2D eigenvalue weighted by Gasteiger charge is 2.24. The van der Waals surface area contributed by atoms with Gasteiger partial charge < -0.3 is 19.9 Å². The summed E-state index contributed by atoms with van der Waals surface area (Å²) in [5.74, 6) is -0.134. The molecule has 1 aliphatic carbocycles. The zero-order valence-electron chi connectivity index (χ0n) is 14.0. The van der Waals surface area contributed by atoms with E-state index >= 15 is 0 Å². The van der Waals surface area contributed by atoms with Gasteiger partial charge in [0.05, 0.1) is 26.7 Å². The predicted molar refractivity (Wildman–Crippen MR) is 89.2 cm³/mol. The topological polar surface area (TPSA) is 84.9 Å². The minimum absolute atomic E-state index is 0.105. The number of allylic oxidation sites excluding steroid dienone is 2. The largest absolute Gasteiger partial charge is 0.493 e. The maximum Gasteiger partial charge on any atom is 0.305 e. The average Bonchev–Trinajstić information content (AvgIpc) is 2.60. The van der Waals surface area contributed by atoms with Crippen molar-refractivity contribution in [2.75, 3.05) is 14.2 Å². The summed E-state index contributed by atoms with van der Waals surface area (Å²) < 4.78 is 10.5. The first-order chi connectivity index (χ1) is 11.5. The van der Waals surface area contributed by atoms with Crippen molar-refractivity contribution in [3.8, 4) is 11.5 Å². The van der Waals surface area contributed by atoms with Crippen molar-refractivity contribution >= 4 is 11.9 Å². The van der Waals surface area contributed by atoms with Crippen LogP contribution in [0.25, 0.3) is 0 Å². The molecule has 2 unspecified atom stereocenters. The monoisotopic (exact) mass is 333 g/mol. The summed E-state index contributed by atoms with van der Waals surface area (Å²) in [5, 5.41) is 12.1. The van der Waals surface area contributed by atoms with Crippen LogP contribution in [0.2, 0.25) is 0 Å². The Balaban J connectivity index is 2.19. The number of rotatable bonds is 7. The minimum atomic E-state index is -0.973. The Kier molecular flexibility index (Phi) is 6.23. The lowest BCUT2D eigenvalue weighted by Gasteiger charge is -2.23. The number of carbonyl (C=O) groups is 2. The number of nitrogens with one attached hydrogen (secondary N) is 1. The van der Waals surface area contributed by atoms with E-state index in [1.54, 1.807) is 18.2 Å². The molecule has 24 heavy (non-hydrogen) atoms. The van der Waals surface area contributed by atoms with Crippen molar-refractivity contribution in [3.63, 3.8) is 0 Å². The fraction of sp³-hybridized carbons (Fsp3) is 0.444. The van der Waals surface area contributed by atoms with Crippen LogP contribution in [0.4, 0.5) is 0 Å². The Morgan fingerprint density at radius 2 is 2.00 bits per heavy atom. The first-order valence-corrected chi connectivity index (χ1v) is 7.94. The van der Waals surface area contributed by atoms with Crippen LogP contribution in [-0.2, 0) is 9.59 Å². The van der Waals surface area contributed by atoms with Crippen molar-refractivity contribution in [1.29, 1.82) is 0 Å². The number of carboxylic acid groups (broad SMARTS) is 1. The van der Waals surface area contributed by atoms with Gasteiger partial charge in [0.15, 0.2) is 11.5 Å². The van der Waals surface area contributed by atoms with Gasteiger partial charge in [-0.25, -0.2) is 0 Å². The molecule has 1 aliphatic rings. The molecule has 2 N–H and O–H groups in total. The van der Waals surface area contributed by atoms with Gasteiger partial charge in [-0.15, -0.1) is 0 Å². The molecule has 0 aliphatic heterocycles. The summed E-state index contributed by atoms with van der Waals surface area (Å²) in [7, 11) is 3.05. The maximum atomic E-state index is 12.4. The van der Waals surface area contributed by atoms with E-state index in [9.17, 15) is 14.7 Å². The lowest BCUT2D eigenvalue weighted by atomic mass is 9.92. The third-order valence-corrected chi connectivity index (χ3v) is 4.15. The summed E-state index contributed by atoms with van der Waals surface area (Å²) >= 11 is 0. The van der Waals surface area contributed by atoms with Gasteiger partial charge in [-0.3, -0.25) is 9.59 Å². The minimum Gasteiger partial charge on any atom is -0.493 e. The Labute approximate surface area is 141 Å². The molecule has 2 rings (SSSR count). The van der Waals surface area contributed by atoms with Crippen LogP contribution in [0, 0.1) is 5.92 Å². The molecular formula is C18H23NO5. The van der Waals surface area contributed by atoms with Gasteiger partial charge in [0.2, 0.25) is 5.91 Å². The number of carbonyl (C=O) groups excluding carboxylic acids is 1. The molecule has 2 atom stereocenters. The van der Waals surface area contributed by atoms with Crippen molar-refractivity contribution in [2.45, 2.75) is 31.7 Å². The maximum absolute atomic E-state index is 12.4. The Morgan fingerprint density at radius 3 is 2.58 bits per heavy atom. The number of hydrogen-bond acceptors (Lipinski definition) is 4. The molecule has 0 aromatic heterocycles. The summed E-state index contributed by atoms with van der Waals surface area (Å²) in [4.78, 5) is 23.6. The molecule has 0 fully saturated rings. The van der Waals surface area contributed by atoms with E-state index in [-0.39, 0.29) is 18.2 Å². The van der Waals surface area contributed by atoms with E-state index in [2.05, 4.69) is 11.4 Å². The second-order valence-corrected chi connectivity index (χ2v) is 5.75. The van der Waals surface area contributed by atoms with Gasteiger partial charge >= 0.3 is 5.97 Å². The lowest BCUT2D eigenvalue weighted by molar-refractivity contribution is -0.138. The van der Waals surface area contributed by atoms with Gasteiger partial charge in [-0.2, -0.15) is 0 Å². The molecule has 6 heteroatoms. The molecule has 0 heterocycles. The number of amides is 1. The lowest BCUT2D eigenvalue weighted by Crippen LogP contribution is -2.35. The molecule has 0 bridgehead atoms. The molecule has 0 saturated carbocycles. The molecule has 1 amide bonds. The quantitative estimate of drug-likeness (QED) is 0.750. The molecule has 0 spiro atoms. The first kappa shape index (κ1) is 17.8. The smallest absolute Gasteiger partial charge is 0.305 e. The third kappa shape index (κ3) is 4.50. The second kappa shape index (κ2) is 8.38. The number of carboxylic acids is 1. The van der Waals surface area contributed by atoms with Gasteiger partial charge in [0.25, 0.3) is 0 Å². The molecule has 130 valence electrons. The molecule has 6 nitrogen and oxygen atoms in total. The molecule has 0 radical (unpaired) electrons. The predicted octanol–water partition coefficient (Wildman–Crippen LogP) is 2.69. The summed E-state index contributed by atoms with van der Waals surface area (Å²) in [6.07, 6.45) is 6.22. The molecule has 0 saturated heterocycles. The fourth-order valence-electron chi connectivity index (χ4n) is 2.82. The van der Waals surface area contributed by atoms with Crippen molar-refractivity contribution in [3.05, 3.63) is 35.9 Å². The first-order valence-electron chi connectivity index (χ1n) is 7.94. The van der Waals surface area contributed by atoms with Crippen LogP contribution < -0.4 is 14.8 Å². The highest BCUT2D eigenvalue weighted by atomic mass is 16.5. The van der Waals surface area contributed by atoms with Crippen molar-refractivity contribution in [1.82, 2.24) is 5.32 Å². The summed E-state index contributed by atoms with van der Waals surface area (Å²) in [6, 6.07) is 4.54. The van der Waals surface area contributed by atoms with Crippen LogP contribution in [0.1, 0.15) is 37.3 Å². The highest BCUT2D eigenvalue weighted by molar-refractivity contribution is 5.80. The van der Waals surface area contributed by atoms with E-state index in [0.717, 1.165) is 12.8 Å². The standard InChI is InChI=1S/C18H23NO5/c1-23-15-9-8-13(10-16(15)24-2)14(11-17(20)21)19-18(22)12-6-4-3-5-7-12/h3-4,8-10,12,14H,5-7,11H2,1-2H3,(H,19,22)(H,20,21). The van der Waals surface area contributed by atoms with E-state index in [4.69, 9.17) is 9.47 Å². The van der Waals surface area contributed by atoms with Crippen LogP contribution in [-0.4, -0.2) is 31.2 Å². The second-order valence-electron chi connectivity index (χ2n) is 5.75. The molecule has 1 aromatic rings. The van der Waals surface area contributed by atoms with E-state index < -0.39 is 12.0 Å². The van der Waals surface area contributed by atoms with Gasteiger partial charge in [0, 0.05) is 5.92 Å². The Morgan fingerprint density at radius 1 is 1.25 bits per heavy atom. The van der Waals surface area contributed by atoms with Crippen LogP contribution >= 0.6 is 0 Å². The van der Waals surface area contributed by atoms with E-state index in [0.29, 0.717) is 23.5 Å². The zero-order valence-corrected chi connectivity index (χ0v) is 14.0. The summed E-state index contributed by atoms with van der Waals surface area (Å²) in [5.41, 5.74) is 0.676. The molecule has 1 aromatic carbocycles.